The number of unbranched alkanes of at least 4 members (excludes halogenated alkanes) is 2. The van der Waals surface area contributed by atoms with Gasteiger partial charge in [0.1, 0.15) is 11.6 Å². The molecule has 0 saturated carbocycles. The summed E-state index contributed by atoms with van der Waals surface area (Å²) in [4.78, 5) is 14.8. The molecule has 0 radical (unpaired) electrons. The van der Waals surface area contributed by atoms with Gasteiger partial charge >= 0.3 is 0 Å². The zero-order chi connectivity index (χ0) is 19.5. The van der Waals surface area contributed by atoms with Crippen LogP contribution in [0.4, 0.5) is 5.69 Å². The Bertz CT molecular complexity index is 648. The van der Waals surface area contributed by atoms with Crippen molar-refractivity contribution in [2.24, 2.45) is 0 Å². The summed E-state index contributed by atoms with van der Waals surface area (Å²) in [6.07, 6.45) is 6.01. The van der Waals surface area contributed by atoms with Gasteiger partial charge < -0.3 is 10.2 Å². The second kappa shape index (κ2) is 11.4. The molecule has 0 spiro atoms. The van der Waals surface area contributed by atoms with Gasteiger partial charge in [-0.2, -0.15) is 5.26 Å². The maximum Gasteiger partial charge on any atom is 0.267 e. The fourth-order valence-electron chi connectivity index (χ4n) is 2.81. The van der Waals surface area contributed by atoms with Gasteiger partial charge in [-0.1, -0.05) is 58.7 Å². The first-order chi connectivity index (χ1) is 12.4. The van der Waals surface area contributed by atoms with Gasteiger partial charge in [0.15, 0.2) is 0 Å². The molecule has 0 atom stereocenters. The molecule has 1 N–H and O–H groups in total. The Labute approximate surface area is 158 Å². The minimum absolute atomic E-state index is 0.162. The Hall–Kier alpha value is -2.28. The lowest BCUT2D eigenvalue weighted by Gasteiger charge is -2.21. The molecule has 0 unspecified atom stereocenters. The number of aryl methyl sites for hydroxylation is 1. The van der Waals surface area contributed by atoms with Crippen LogP contribution in [0.3, 0.4) is 0 Å². The molecule has 0 aliphatic heterocycles. The standard InChI is InChI=1S/C22H33N3O/c1-6-8-13-25(14-9-7-2)16-19(15-23)22(26)24-21-18(5)11-10-12-20(21)17(3)4/h10-12,16-17H,6-9,13-14H2,1-5H3,(H,24,26)/b19-16-. The summed E-state index contributed by atoms with van der Waals surface area (Å²) in [6, 6.07) is 8.08. The highest BCUT2D eigenvalue weighted by atomic mass is 16.1. The molecule has 26 heavy (non-hydrogen) atoms. The third kappa shape index (κ3) is 6.55. The molecule has 1 aromatic rings. The fourth-order valence-corrected chi connectivity index (χ4v) is 2.81. The average molecular weight is 356 g/mol. The molecule has 4 heteroatoms. The van der Waals surface area contributed by atoms with Gasteiger partial charge in [-0.15, -0.1) is 0 Å². The average Bonchev–Trinajstić information content (AvgIpc) is 2.62. The van der Waals surface area contributed by atoms with E-state index in [1.807, 2.05) is 25.1 Å². The van der Waals surface area contributed by atoms with E-state index in [0.29, 0.717) is 5.92 Å². The monoisotopic (exact) mass is 355 g/mol. The lowest BCUT2D eigenvalue weighted by Crippen LogP contribution is -2.24. The molecule has 4 nitrogen and oxygen atoms in total. The highest BCUT2D eigenvalue weighted by molar-refractivity contribution is 6.07. The molecule has 0 aromatic heterocycles. The topological polar surface area (TPSA) is 56.1 Å². The molecular formula is C22H33N3O. The van der Waals surface area contributed by atoms with Crippen molar-refractivity contribution in [1.82, 2.24) is 4.90 Å². The number of hydrogen-bond acceptors (Lipinski definition) is 3. The number of nitrogens with zero attached hydrogens (tertiary/aromatic N) is 2. The number of nitrogens with one attached hydrogen (secondary N) is 1. The molecule has 0 bridgehead atoms. The second-order valence-electron chi connectivity index (χ2n) is 7.05. The van der Waals surface area contributed by atoms with Crippen LogP contribution in [0.5, 0.6) is 0 Å². The molecule has 0 saturated heterocycles. The van der Waals surface area contributed by atoms with E-state index < -0.39 is 0 Å². The van der Waals surface area contributed by atoms with Crippen LogP contribution in [0.1, 0.15) is 70.4 Å². The molecule has 1 amide bonds. The number of hydrogen-bond donors (Lipinski definition) is 1. The molecule has 0 aliphatic rings. The number of nitriles is 1. The van der Waals surface area contributed by atoms with Crippen molar-refractivity contribution in [3.05, 3.63) is 41.1 Å². The minimum Gasteiger partial charge on any atom is -0.376 e. The van der Waals surface area contributed by atoms with E-state index in [-0.39, 0.29) is 11.5 Å². The third-order valence-electron chi connectivity index (χ3n) is 4.44. The summed E-state index contributed by atoms with van der Waals surface area (Å²) in [5.41, 5.74) is 3.08. The van der Waals surface area contributed by atoms with E-state index in [1.54, 1.807) is 6.20 Å². The molecule has 0 fully saturated rings. The van der Waals surface area contributed by atoms with Gasteiger partial charge in [0.2, 0.25) is 0 Å². The van der Waals surface area contributed by atoms with Crippen molar-refractivity contribution in [2.45, 2.75) is 66.2 Å². The SMILES string of the molecule is CCCCN(/C=C(/C#N)C(=O)Nc1c(C)cccc1C(C)C)CCCC. The van der Waals surface area contributed by atoms with Crippen LogP contribution in [0.15, 0.2) is 30.0 Å². The first-order valence-electron chi connectivity index (χ1n) is 9.71. The second-order valence-corrected chi connectivity index (χ2v) is 7.05. The lowest BCUT2D eigenvalue weighted by atomic mass is 9.98. The van der Waals surface area contributed by atoms with Crippen LogP contribution in [-0.2, 0) is 4.79 Å². The summed E-state index contributed by atoms with van der Waals surface area (Å²) >= 11 is 0. The third-order valence-corrected chi connectivity index (χ3v) is 4.44. The van der Waals surface area contributed by atoms with Crippen LogP contribution >= 0.6 is 0 Å². The molecule has 1 aromatic carbocycles. The summed E-state index contributed by atoms with van der Waals surface area (Å²) in [6.45, 7) is 12.2. The van der Waals surface area contributed by atoms with Crippen LogP contribution in [0, 0.1) is 18.3 Å². The van der Waals surface area contributed by atoms with Crippen LogP contribution in [-0.4, -0.2) is 23.9 Å². The van der Waals surface area contributed by atoms with Crippen LogP contribution < -0.4 is 5.32 Å². The van der Waals surface area contributed by atoms with Gasteiger partial charge in [0.25, 0.3) is 5.91 Å². The van der Waals surface area contributed by atoms with E-state index in [0.717, 1.165) is 55.6 Å². The summed E-state index contributed by atoms with van der Waals surface area (Å²) in [7, 11) is 0. The predicted molar refractivity (Wildman–Crippen MR) is 109 cm³/mol. The van der Waals surface area contributed by atoms with E-state index in [1.165, 1.54) is 0 Å². The first-order valence-corrected chi connectivity index (χ1v) is 9.71. The Kier molecular flexibility index (Phi) is 9.51. The normalized spacial score (nSPS) is 11.3. The van der Waals surface area contributed by atoms with Gasteiger partial charge in [-0.25, -0.2) is 0 Å². The number of anilines is 1. The van der Waals surface area contributed by atoms with E-state index >= 15 is 0 Å². The minimum atomic E-state index is -0.332. The van der Waals surface area contributed by atoms with Crippen molar-refractivity contribution >= 4 is 11.6 Å². The maximum atomic E-state index is 12.7. The zero-order valence-electron chi connectivity index (χ0n) is 16.9. The molecule has 0 aliphatic carbocycles. The molecule has 142 valence electrons. The van der Waals surface area contributed by atoms with Crippen molar-refractivity contribution in [2.75, 3.05) is 18.4 Å². The van der Waals surface area contributed by atoms with Crippen molar-refractivity contribution < 1.29 is 4.79 Å². The van der Waals surface area contributed by atoms with Crippen molar-refractivity contribution in [1.29, 1.82) is 5.26 Å². The smallest absolute Gasteiger partial charge is 0.267 e. The van der Waals surface area contributed by atoms with Gasteiger partial charge in [0, 0.05) is 25.0 Å². The number of rotatable bonds is 10. The summed E-state index contributed by atoms with van der Waals surface area (Å²) in [5, 5.41) is 12.5. The molecule has 0 heterocycles. The van der Waals surface area contributed by atoms with Gasteiger partial charge in [-0.05, 0) is 36.8 Å². The van der Waals surface area contributed by atoms with Gasteiger partial charge in [-0.3, -0.25) is 4.79 Å². The number of amides is 1. The first kappa shape index (κ1) is 21.8. The van der Waals surface area contributed by atoms with Crippen LogP contribution in [0.25, 0.3) is 0 Å². The van der Waals surface area contributed by atoms with Crippen molar-refractivity contribution in [3.63, 3.8) is 0 Å². The largest absolute Gasteiger partial charge is 0.376 e. The Morgan fingerprint density at radius 1 is 1.23 bits per heavy atom. The van der Waals surface area contributed by atoms with Gasteiger partial charge in [0.05, 0.1) is 0 Å². The predicted octanol–water partition coefficient (Wildman–Crippen LogP) is 5.37. The zero-order valence-corrected chi connectivity index (χ0v) is 16.9. The van der Waals surface area contributed by atoms with E-state index in [4.69, 9.17) is 0 Å². The highest BCUT2D eigenvalue weighted by Crippen LogP contribution is 2.27. The van der Waals surface area contributed by atoms with E-state index in [2.05, 4.69) is 44.0 Å². The summed E-state index contributed by atoms with van der Waals surface area (Å²) < 4.78 is 0. The maximum absolute atomic E-state index is 12.7. The number of benzene rings is 1. The number of carbonyl (C=O) groups excluding carboxylic acids is 1. The number of carbonyl (C=O) groups is 1. The van der Waals surface area contributed by atoms with E-state index in [9.17, 15) is 10.1 Å². The quantitative estimate of drug-likeness (QED) is 0.453. The highest BCUT2D eigenvalue weighted by Gasteiger charge is 2.16. The molecule has 1 rings (SSSR count). The van der Waals surface area contributed by atoms with Crippen LogP contribution in [0.2, 0.25) is 0 Å². The Morgan fingerprint density at radius 3 is 2.35 bits per heavy atom. The lowest BCUT2D eigenvalue weighted by molar-refractivity contribution is -0.112. The Morgan fingerprint density at radius 2 is 1.85 bits per heavy atom. The fraction of sp³-hybridized carbons (Fsp3) is 0.545. The summed E-state index contributed by atoms with van der Waals surface area (Å²) in [5.74, 6) is -0.0352. The Balaban J connectivity index is 3.03. The molecular weight excluding hydrogens is 322 g/mol. The number of para-hydroxylation sites is 1. The van der Waals surface area contributed by atoms with Crippen molar-refractivity contribution in [3.8, 4) is 6.07 Å².